The third-order valence-electron chi connectivity index (χ3n) is 5.42. The number of hydrogen-bond donors (Lipinski definition) is 1. The molecule has 1 N–H and O–H groups in total. The maximum absolute atomic E-state index is 13.1. The lowest BCUT2D eigenvalue weighted by Crippen LogP contribution is -2.29. The summed E-state index contributed by atoms with van der Waals surface area (Å²) < 4.78 is 5.53. The molecule has 32 heavy (non-hydrogen) atoms. The van der Waals surface area contributed by atoms with Crippen molar-refractivity contribution in [3.63, 3.8) is 0 Å². The summed E-state index contributed by atoms with van der Waals surface area (Å²) in [6.07, 6.45) is 3.29. The molecule has 0 spiro atoms. The highest BCUT2D eigenvalue weighted by Gasteiger charge is 2.46. The van der Waals surface area contributed by atoms with E-state index in [0.717, 1.165) is 16.7 Å². The zero-order chi connectivity index (χ0) is 22.7. The fourth-order valence-electron chi connectivity index (χ4n) is 3.97. The number of ether oxygens (including phenoxy) is 1. The van der Waals surface area contributed by atoms with Gasteiger partial charge >= 0.3 is 0 Å². The molecule has 0 aliphatic carbocycles. The van der Waals surface area contributed by atoms with E-state index < -0.39 is 17.7 Å². The predicted octanol–water partition coefficient (Wildman–Crippen LogP) is 4.41. The van der Waals surface area contributed by atoms with Crippen LogP contribution in [0.25, 0.3) is 5.76 Å². The lowest BCUT2D eigenvalue weighted by Gasteiger charge is -2.25. The Hall–Kier alpha value is -3.93. The van der Waals surface area contributed by atoms with Crippen molar-refractivity contribution in [2.75, 3.05) is 6.61 Å². The Bertz CT molecular complexity index is 1190. The summed E-state index contributed by atoms with van der Waals surface area (Å²) >= 11 is 0. The van der Waals surface area contributed by atoms with E-state index >= 15 is 0 Å². The molecule has 0 radical (unpaired) electrons. The Morgan fingerprint density at radius 3 is 2.53 bits per heavy atom. The highest BCUT2D eigenvalue weighted by molar-refractivity contribution is 6.46. The van der Waals surface area contributed by atoms with Crippen LogP contribution in [0.4, 0.5) is 0 Å². The number of carbonyl (C=O) groups is 2. The number of ketones is 1. The van der Waals surface area contributed by atoms with Crippen LogP contribution in [-0.4, -0.2) is 33.3 Å². The van der Waals surface area contributed by atoms with Gasteiger partial charge in [-0.2, -0.15) is 0 Å². The number of Topliss-reactive ketones (excluding diaryl/α,β-unsaturated/α-hetero) is 1. The summed E-state index contributed by atoms with van der Waals surface area (Å²) in [6, 6.07) is 17.4. The van der Waals surface area contributed by atoms with Crippen molar-refractivity contribution in [1.82, 2.24) is 9.88 Å². The molecule has 0 bridgehead atoms. The smallest absolute Gasteiger partial charge is 0.295 e. The van der Waals surface area contributed by atoms with Crippen molar-refractivity contribution in [1.29, 1.82) is 0 Å². The number of aryl methyl sites for hydroxylation is 1. The molecule has 2 aromatic carbocycles. The zero-order valence-corrected chi connectivity index (χ0v) is 18.0. The average molecular weight is 428 g/mol. The van der Waals surface area contributed by atoms with Crippen LogP contribution in [0.5, 0.6) is 5.75 Å². The summed E-state index contributed by atoms with van der Waals surface area (Å²) in [4.78, 5) is 31.8. The first kappa shape index (κ1) is 21.3. The van der Waals surface area contributed by atoms with E-state index in [4.69, 9.17) is 4.74 Å². The van der Waals surface area contributed by atoms with E-state index in [1.54, 1.807) is 48.8 Å². The van der Waals surface area contributed by atoms with Gasteiger partial charge in [-0.05, 0) is 49.2 Å². The maximum Gasteiger partial charge on any atom is 0.295 e. The van der Waals surface area contributed by atoms with Gasteiger partial charge in [-0.3, -0.25) is 14.6 Å². The van der Waals surface area contributed by atoms with Crippen molar-refractivity contribution in [2.24, 2.45) is 0 Å². The van der Waals surface area contributed by atoms with E-state index in [-0.39, 0.29) is 17.9 Å². The molecular weight excluding hydrogens is 404 g/mol. The first-order valence-corrected chi connectivity index (χ1v) is 10.5. The van der Waals surface area contributed by atoms with Gasteiger partial charge in [-0.25, -0.2) is 0 Å². The summed E-state index contributed by atoms with van der Waals surface area (Å²) in [5.74, 6) is -0.982. The van der Waals surface area contributed by atoms with Crippen molar-refractivity contribution >= 4 is 17.4 Å². The molecule has 1 aliphatic rings. The second-order valence-corrected chi connectivity index (χ2v) is 7.66. The molecule has 6 heteroatoms. The number of aromatic nitrogens is 1. The third kappa shape index (κ3) is 4.12. The minimum Gasteiger partial charge on any atom is -0.507 e. The summed E-state index contributed by atoms with van der Waals surface area (Å²) in [5.41, 5.74) is 3.10. The Morgan fingerprint density at radius 2 is 1.81 bits per heavy atom. The van der Waals surface area contributed by atoms with Crippen molar-refractivity contribution in [3.8, 4) is 5.75 Å². The fraction of sp³-hybridized carbons (Fsp3) is 0.192. The molecule has 1 saturated heterocycles. The highest BCUT2D eigenvalue weighted by atomic mass is 16.5. The average Bonchev–Trinajstić information content (AvgIpc) is 3.05. The molecular formula is C26H24N2O4. The molecule has 1 aromatic heterocycles. The number of pyridine rings is 1. The minimum absolute atomic E-state index is 0.0725. The van der Waals surface area contributed by atoms with Crippen LogP contribution in [0, 0.1) is 6.92 Å². The van der Waals surface area contributed by atoms with Gasteiger partial charge in [0.1, 0.15) is 11.5 Å². The summed E-state index contributed by atoms with van der Waals surface area (Å²) in [7, 11) is 0. The molecule has 3 aromatic rings. The molecule has 2 heterocycles. The van der Waals surface area contributed by atoms with Gasteiger partial charge in [0.25, 0.3) is 11.7 Å². The molecule has 0 saturated carbocycles. The SMILES string of the molecule is CCOc1cccc(/C(O)=C2/C(=O)C(=O)N(Cc3ccncc3)C2c2cccc(C)c2)c1. The van der Waals surface area contributed by atoms with E-state index in [0.29, 0.717) is 17.9 Å². The second kappa shape index (κ2) is 9.06. The van der Waals surface area contributed by atoms with Gasteiger partial charge in [-0.1, -0.05) is 42.0 Å². The number of carbonyl (C=O) groups excluding carboxylic acids is 2. The lowest BCUT2D eigenvalue weighted by molar-refractivity contribution is -0.140. The van der Waals surface area contributed by atoms with E-state index in [1.165, 1.54) is 4.90 Å². The van der Waals surface area contributed by atoms with Gasteiger partial charge in [0.15, 0.2) is 0 Å². The number of likely N-dealkylation sites (tertiary alicyclic amines) is 1. The Labute approximate surface area is 186 Å². The van der Waals surface area contributed by atoms with Crippen LogP contribution in [0.1, 0.15) is 35.2 Å². The molecule has 1 fully saturated rings. The van der Waals surface area contributed by atoms with Crippen LogP contribution >= 0.6 is 0 Å². The normalized spacial score (nSPS) is 17.6. The number of rotatable bonds is 6. The number of aliphatic hydroxyl groups excluding tert-OH is 1. The highest BCUT2D eigenvalue weighted by Crippen LogP contribution is 2.40. The third-order valence-corrected chi connectivity index (χ3v) is 5.42. The van der Waals surface area contributed by atoms with Crippen molar-refractivity contribution in [2.45, 2.75) is 26.4 Å². The molecule has 1 atom stereocenters. The van der Waals surface area contributed by atoms with Crippen LogP contribution in [-0.2, 0) is 16.1 Å². The molecule has 1 aliphatic heterocycles. The van der Waals surface area contributed by atoms with Gasteiger partial charge in [0.05, 0.1) is 18.2 Å². The zero-order valence-electron chi connectivity index (χ0n) is 18.0. The fourth-order valence-corrected chi connectivity index (χ4v) is 3.97. The van der Waals surface area contributed by atoms with Crippen molar-refractivity contribution in [3.05, 3.63) is 101 Å². The summed E-state index contributed by atoms with van der Waals surface area (Å²) in [5, 5.41) is 11.2. The Balaban J connectivity index is 1.85. The first-order chi connectivity index (χ1) is 15.5. The largest absolute Gasteiger partial charge is 0.507 e. The Kier molecular flexibility index (Phi) is 6.03. The molecule has 1 amide bonds. The first-order valence-electron chi connectivity index (χ1n) is 10.5. The van der Waals surface area contributed by atoms with Gasteiger partial charge in [-0.15, -0.1) is 0 Å². The van der Waals surface area contributed by atoms with Crippen LogP contribution in [0.15, 0.2) is 78.6 Å². The Morgan fingerprint density at radius 1 is 1.06 bits per heavy atom. The molecule has 1 unspecified atom stereocenters. The van der Waals surface area contributed by atoms with Crippen LogP contribution < -0.4 is 4.74 Å². The maximum atomic E-state index is 13.1. The number of benzene rings is 2. The van der Waals surface area contributed by atoms with Gasteiger partial charge in [0.2, 0.25) is 0 Å². The second-order valence-electron chi connectivity index (χ2n) is 7.66. The van der Waals surface area contributed by atoms with Crippen molar-refractivity contribution < 1.29 is 19.4 Å². The van der Waals surface area contributed by atoms with Gasteiger partial charge < -0.3 is 14.7 Å². The van der Waals surface area contributed by atoms with Gasteiger partial charge in [0, 0.05) is 24.5 Å². The molecule has 162 valence electrons. The standard InChI is InChI=1S/C26H24N2O4/c1-3-32-21-9-5-8-20(15-21)24(29)22-23(19-7-4-6-17(2)14-19)28(26(31)25(22)30)16-18-10-12-27-13-11-18/h4-15,23,29H,3,16H2,1-2H3/b24-22-. The number of nitrogens with zero attached hydrogens (tertiary/aromatic N) is 2. The molecule has 4 rings (SSSR count). The monoisotopic (exact) mass is 428 g/mol. The molecule has 6 nitrogen and oxygen atoms in total. The van der Waals surface area contributed by atoms with Crippen LogP contribution in [0.2, 0.25) is 0 Å². The van der Waals surface area contributed by atoms with E-state index in [1.807, 2.05) is 38.1 Å². The number of aliphatic hydroxyl groups is 1. The summed E-state index contributed by atoms with van der Waals surface area (Å²) in [6.45, 7) is 4.52. The lowest BCUT2D eigenvalue weighted by atomic mass is 9.94. The van der Waals surface area contributed by atoms with E-state index in [2.05, 4.69) is 4.98 Å². The quantitative estimate of drug-likeness (QED) is 0.357. The van der Waals surface area contributed by atoms with E-state index in [9.17, 15) is 14.7 Å². The number of hydrogen-bond acceptors (Lipinski definition) is 5. The number of amides is 1. The minimum atomic E-state index is -0.709. The topological polar surface area (TPSA) is 79.7 Å². The van der Waals surface area contributed by atoms with Crippen LogP contribution in [0.3, 0.4) is 0 Å². The predicted molar refractivity (Wildman–Crippen MR) is 121 cm³/mol.